The fourth-order valence-corrected chi connectivity index (χ4v) is 4.49. The lowest BCUT2D eigenvalue weighted by Crippen LogP contribution is -2.06. The summed E-state index contributed by atoms with van der Waals surface area (Å²) in [6.45, 7) is 3.30. The van der Waals surface area contributed by atoms with Crippen LogP contribution in [0.1, 0.15) is 28.1 Å². The Morgan fingerprint density at radius 1 is 0.532 bits per heavy atom. The predicted octanol–water partition coefficient (Wildman–Crippen LogP) is 9.47. The number of hydrogen-bond donors (Lipinski definition) is 3. The van der Waals surface area contributed by atoms with Crippen molar-refractivity contribution in [2.24, 2.45) is 0 Å². The summed E-state index contributed by atoms with van der Waals surface area (Å²) >= 11 is 0. The van der Waals surface area contributed by atoms with Crippen LogP contribution in [0.5, 0.6) is 17.2 Å². The van der Waals surface area contributed by atoms with E-state index < -0.39 is 23.5 Å². The van der Waals surface area contributed by atoms with Gasteiger partial charge in [-0.3, -0.25) is 0 Å². The van der Waals surface area contributed by atoms with E-state index in [4.69, 9.17) is 10.4 Å². The molecule has 0 bridgehead atoms. The second-order valence-corrected chi connectivity index (χ2v) is 10.2. The Hall–Kier alpha value is -5.83. The van der Waals surface area contributed by atoms with E-state index in [1.807, 2.05) is 24.3 Å². The van der Waals surface area contributed by atoms with Crippen molar-refractivity contribution in [3.05, 3.63) is 125 Å². The molecule has 6 rings (SSSR count). The molecule has 0 atom stereocenters. The van der Waals surface area contributed by atoms with Crippen molar-refractivity contribution in [2.75, 3.05) is 0 Å². The van der Waals surface area contributed by atoms with E-state index in [0.717, 1.165) is 35.4 Å². The summed E-state index contributed by atoms with van der Waals surface area (Å²) in [5.74, 6) is -0.231. The van der Waals surface area contributed by atoms with E-state index >= 15 is 0 Å². The van der Waals surface area contributed by atoms with Gasteiger partial charge in [-0.05, 0) is 85.6 Å². The number of phenolic OH excluding ortho intramolecular Hbond substituents is 3. The van der Waals surface area contributed by atoms with Crippen molar-refractivity contribution in [3.63, 3.8) is 0 Å². The van der Waals surface area contributed by atoms with Crippen LogP contribution >= 0.6 is 0 Å². The summed E-state index contributed by atoms with van der Waals surface area (Å²) in [4.78, 5) is 7.80. The van der Waals surface area contributed by atoms with Crippen molar-refractivity contribution in [2.45, 2.75) is 26.2 Å². The van der Waals surface area contributed by atoms with Crippen LogP contribution < -0.4 is 0 Å². The monoisotopic (exact) mass is 649 g/mol. The fourth-order valence-electron chi connectivity index (χ4n) is 4.49. The molecule has 0 radical (unpaired) electrons. The van der Waals surface area contributed by atoms with Gasteiger partial charge in [-0.15, -0.1) is 0 Å². The summed E-state index contributed by atoms with van der Waals surface area (Å²) in [5.41, 5.74) is 2.22. The molecule has 12 heteroatoms. The van der Waals surface area contributed by atoms with Crippen LogP contribution in [0, 0.1) is 25.2 Å². The van der Waals surface area contributed by atoms with Gasteiger partial charge in [0.1, 0.15) is 28.3 Å². The normalized spacial score (nSPS) is 11.2. The molecule has 2 aromatic heterocycles. The minimum Gasteiger partial charge on any atom is -0.508 e. The number of phenols is 3. The van der Waals surface area contributed by atoms with Crippen molar-refractivity contribution >= 4 is 21.8 Å². The first-order valence-corrected chi connectivity index (χ1v) is 13.7. The number of aromatic hydroxyl groups is 3. The number of pyridine rings is 2. The second kappa shape index (κ2) is 13.7. The molecule has 0 unspecified atom stereocenters. The third-order valence-electron chi connectivity index (χ3n) is 6.78. The zero-order chi connectivity index (χ0) is 34.5. The summed E-state index contributed by atoms with van der Waals surface area (Å²) in [6, 6.07) is 25.7. The van der Waals surface area contributed by atoms with Crippen LogP contribution in [0.3, 0.4) is 0 Å². The van der Waals surface area contributed by atoms with Gasteiger partial charge in [0.15, 0.2) is 0 Å². The topological polar surface area (TPSA) is 110 Å². The molecular weight excluding hydrogens is 624 g/mol. The highest BCUT2D eigenvalue weighted by atomic mass is 19.4. The Morgan fingerprint density at radius 2 is 0.915 bits per heavy atom. The van der Waals surface area contributed by atoms with Gasteiger partial charge in [-0.2, -0.15) is 31.6 Å². The van der Waals surface area contributed by atoms with E-state index in [0.29, 0.717) is 17.0 Å². The summed E-state index contributed by atoms with van der Waals surface area (Å²) in [7, 11) is 0. The number of benzene rings is 4. The molecule has 0 saturated heterocycles. The number of rotatable bonds is 1. The first kappa shape index (κ1) is 34.1. The number of alkyl halides is 6. The molecule has 6 aromatic rings. The average Bonchev–Trinajstić information content (AvgIpc) is 3.02. The minimum atomic E-state index is -4.44. The first-order valence-electron chi connectivity index (χ1n) is 13.7. The molecule has 240 valence electrons. The highest BCUT2D eigenvalue weighted by molar-refractivity contribution is 5.88. The Labute approximate surface area is 264 Å². The average molecular weight is 650 g/mol. The first-order chi connectivity index (χ1) is 22.1. The number of nitrogens with zero attached hydrogens (tertiary/aromatic N) is 3. The molecule has 0 aliphatic carbocycles. The van der Waals surface area contributed by atoms with Gasteiger partial charge >= 0.3 is 12.4 Å². The third-order valence-corrected chi connectivity index (χ3v) is 6.78. The molecule has 2 heterocycles. The van der Waals surface area contributed by atoms with E-state index in [1.165, 1.54) is 24.3 Å². The summed E-state index contributed by atoms with van der Waals surface area (Å²) < 4.78 is 75.8. The highest BCUT2D eigenvalue weighted by Crippen LogP contribution is 2.38. The molecule has 0 saturated carbocycles. The maximum absolute atomic E-state index is 12.6. The van der Waals surface area contributed by atoms with Gasteiger partial charge < -0.3 is 15.3 Å². The van der Waals surface area contributed by atoms with Crippen LogP contribution in [0.4, 0.5) is 26.3 Å². The van der Waals surface area contributed by atoms with Crippen molar-refractivity contribution in [1.82, 2.24) is 9.97 Å². The van der Waals surface area contributed by atoms with Gasteiger partial charge in [0.05, 0.1) is 22.8 Å². The van der Waals surface area contributed by atoms with Gasteiger partial charge in [-0.1, -0.05) is 36.4 Å². The smallest absolute Gasteiger partial charge is 0.417 e. The van der Waals surface area contributed by atoms with Crippen molar-refractivity contribution < 1.29 is 41.7 Å². The van der Waals surface area contributed by atoms with E-state index in [1.54, 1.807) is 38.1 Å². The molecule has 0 spiro atoms. The van der Waals surface area contributed by atoms with Gasteiger partial charge in [0.2, 0.25) is 0 Å². The third kappa shape index (κ3) is 8.26. The van der Waals surface area contributed by atoms with E-state index in [-0.39, 0.29) is 39.1 Å². The zero-order valence-corrected chi connectivity index (χ0v) is 24.7. The zero-order valence-electron chi connectivity index (χ0n) is 24.7. The lowest BCUT2D eigenvalue weighted by Gasteiger charge is -2.11. The molecule has 0 aliphatic rings. The summed E-state index contributed by atoms with van der Waals surface area (Å²) in [6.07, 6.45) is -8.88. The standard InChI is InChI=1S/C13H9NO.2C11H8F3NO/c14-9-10-1-3-11(4-2-10)12-5-7-13(15)8-6-12;2*1-6-2-3-7-8(11(12,13)14)4-5-9(16)10(7)15-6/h1-8,15H;2*2-5,16H,1H3. The Morgan fingerprint density at radius 3 is 1.28 bits per heavy atom. The Kier molecular flexibility index (Phi) is 9.90. The molecule has 47 heavy (non-hydrogen) atoms. The van der Waals surface area contributed by atoms with Crippen LogP contribution in [0.25, 0.3) is 32.9 Å². The number of halogens is 6. The lowest BCUT2D eigenvalue weighted by atomic mass is 10.0. The molecule has 6 nitrogen and oxygen atoms in total. The molecule has 3 N–H and O–H groups in total. The molecule has 0 aliphatic heterocycles. The maximum atomic E-state index is 12.6. The van der Waals surface area contributed by atoms with Crippen LogP contribution in [0.2, 0.25) is 0 Å². The molecule has 0 amide bonds. The van der Waals surface area contributed by atoms with E-state index in [9.17, 15) is 36.6 Å². The van der Waals surface area contributed by atoms with Crippen LogP contribution in [-0.4, -0.2) is 25.3 Å². The van der Waals surface area contributed by atoms with Crippen molar-refractivity contribution in [3.8, 4) is 34.4 Å². The Bertz CT molecular complexity index is 1970. The quantitative estimate of drug-likeness (QED) is 0.153. The maximum Gasteiger partial charge on any atom is 0.417 e. The summed E-state index contributed by atoms with van der Waals surface area (Å²) in [5, 5.41) is 36.5. The number of hydrogen-bond acceptors (Lipinski definition) is 6. The number of fused-ring (bicyclic) bond motifs is 2. The minimum absolute atomic E-state index is 0.0187. The predicted molar refractivity (Wildman–Crippen MR) is 165 cm³/mol. The van der Waals surface area contributed by atoms with Crippen LogP contribution in [-0.2, 0) is 12.4 Å². The molecule has 4 aromatic carbocycles. The lowest BCUT2D eigenvalue weighted by molar-refractivity contribution is -0.137. The van der Waals surface area contributed by atoms with Gasteiger partial charge in [0, 0.05) is 22.2 Å². The molecular formula is C35H25F6N3O3. The van der Waals surface area contributed by atoms with Crippen molar-refractivity contribution in [1.29, 1.82) is 5.26 Å². The molecule has 0 fully saturated rings. The van der Waals surface area contributed by atoms with Crippen LogP contribution in [0.15, 0.2) is 97.1 Å². The number of aromatic nitrogens is 2. The van der Waals surface area contributed by atoms with E-state index in [2.05, 4.69) is 16.0 Å². The largest absolute Gasteiger partial charge is 0.508 e. The second-order valence-electron chi connectivity index (χ2n) is 10.2. The number of aryl methyl sites for hydroxylation is 2. The van der Waals surface area contributed by atoms with Gasteiger partial charge in [-0.25, -0.2) is 9.97 Å². The number of nitriles is 1. The SMILES string of the molecule is Cc1ccc2c(C(F)(F)F)ccc(O)c2n1.Cc1ccc2c(C(F)(F)F)ccc(O)c2n1.N#Cc1ccc(-c2ccc(O)cc2)cc1. The fraction of sp³-hybridized carbons (Fsp3) is 0.114. The highest BCUT2D eigenvalue weighted by Gasteiger charge is 2.34. The van der Waals surface area contributed by atoms with Gasteiger partial charge in [0.25, 0.3) is 0 Å². The Balaban J connectivity index is 0.000000160.